The molecule has 1 amide bonds. The number of amides is 1. The maximum absolute atomic E-state index is 12.1. The summed E-state index contributed by atoms with van der Waals surface area (Å²) in [7, 11) is 0. The highest BCUT2D eigenvalue weighted by Crippen LogP contribution is 2.27. The highest BCUT2D eigenvalue weighted by Gasteiger charge is 2.29. The monoisotopic (exact) mass is 285 g/mol. The SMILES string of the molecule is CC(C)CN(CCC(=O)Nc1ccccc1C#N)C1CC1. The van der Waals surface area contributed by atoms with Gasteiger partial charge in [0.15, 0.2) is 0 Å². The van der Waals surface area contributed by atoms with Crippen LogP contribution in [0, 0.1) is 17.2 Å². The van der Waals surface area contributed by atoms with Crippen molar-refractivity contribution in [2.45, 2.75) is 39.2 Å². The minimum absolute atomic E-state index is 0.0212. The van der Waals surface area contributed by atoms with Crippen molar-refractivity contribution in [3.05, 3.63) is 29.8 Å². The van der Waals surface area contributed by atoms with E-state index < -0.39 is 0 Å². The van der Waals surface area contributed by atoms with Crippen LogP contribution in [0.15, 0.2) is 24.3 Å². The first-order chi connectivity index (χ1) is 10.1. The van der Waals surface area contributed by atoms with Crippen LogP contribution in [0.3, 0.4) is 0 Å². The van der Waals surface area contributed by atoms with Gasteiger partial charge < -0.3 is 5.32 Å². The Labute approximate surface area is 126 Å². The highest BCUT2D eigenvalue weighted by molar-refractivity contribution is 5.92. The first-order valence-corrected chi connectivity index (χ1v) is 7.63. The van der Waals surface area contributed by atoms with E-state index in [1.807, 2.05) is 6.07 Å². The Morgan fingerprint density at radius 2 is 2.14 bits per heavy atom. The summed E-state index contributed by atoms with van der Waals surface area (Å²) in [6.07, 6.45) is 2.99. The van der Waals surface area contributed by atoms with Gasteiger partial charge in [0, 0.05) is 25.6 Å². The molecular weight excluding hydrogens is 262 g/mol. The highest BCUT2D eigenvalue weighted by atomic mass is 16.1. The van der Waals surface area contributed by atoms with Crippen molar-refractivity contribution in [3.8, 4) is 6.07 Å². The number of benzene rings is 1. The van der Waals surface area contributed by atoms with Gasteiger partial charge in [-0.05, 0) is 30.9 Å². The number of rotatable bonds is 7. The Hall–Kier alpha value is -1.86. The Morgan fingerprint density at radius 3 is 2.76 bits per heavy atom. The molecule has 1 fully saturated rings. The van der Waals surface area contributed by atoms with Crippen LogP contribution in [0.2, 0.25) is 0 Å². The first-order valence-electron chi connectivity index (χ1n) is 7.63. The summed E-state index contributed by atoms with van der Waals surface area (Å²) < 4.78 is 0. The van der Waals surface area contributed by atoms with Gasteiger partial charge >= 0.3 is 0 Å². The summed E-state index contributed by atoms with van der Waals surface area (Å²) in [5, 5.41) is 11.9. The molecule has 0 radical (unpaired) electrons. The zero-order valence-electron chi connectivity index (χ0n) is 12.8. The molecule has 0 aliphatic heterocycles. The average Bonchev–Trinajstić information content (AvgIpc) is 3.28. The van der Waals surface area contributed by atoms with Gasteiger partial charge in [0.25, 0.3) is 0 Å². The van der Waals surface area contributed by atoms with Crippen molar-refractivity contribution in [3.63, 3.8) is 0 Å². The predicted octanol–water partition coefficient (Wildman–Crippen LogP) is 3.01. The van der Waals surface area contributed by atoms with Crippen molar-refractivity contribution in [2.24, 2.45) is 5.92 Å². The second-order valence-electron chi connectivity index (χ2n) is 6.08. The lowest BCUT2D eigenvalue weighted by Gasteiger charge is -2.23. The fourth-order valence-electron chi connectivity index (χ4n) is 2.48. The first kappa shape index (κ1) is 15.5. The molecule has 0 unspecified atom stereocenters. The number of anilines is 1. The number of carbonyl (C=O) groups is 1. The summed E-state index contributed by atoms with van der Waals surface area (Å²) in [5.41, 5.74) is 1.11. The summed E-state index contributed by atoms with van der Waals surface area (Å²) in [6.45, 7) is 6.26. The summed E-state index contributed by atoms with van der Waals surface area (Å²) in [5.74, 6) is 0.597. The molecule has 0 heterocycles. The third-order valence-electron chi connectivity index (χ3n) is 3.61. The largest absolute Gasteiger partial charge is 0.325 e. The van der Waals surface area contributed by atoms with Gasteiger partial charge in [0.2, 0.25) is 5.91 Å². The normalized spacial score (nSPS) is 14.2. The molecule has 1 aromatic carbocycles. The molecule has 0 aromatic heterocycles. The van der Waals surface area contributed by atoms with Crippen LogP contribution in [0.25, 0.3) is 0 Å². The van der Waals surface area contributed by atoms with Gasteiger partial charge in [0.05, 0.1) is 11.3 Å². The number of para-hydroxylation sites is 1. The van der Waals surface area contributed by atoms with Gasteiger partial charge in [-0.15, -0.1) is 0 Å². The van der Waals surface area contributed by atoms with Crippen LogP contribution in [0.5, 0.6) is 0 Å². The number of hydrogen-bond acceptors (Lipinski definition) is 3. The molecule has 0 saturated heterocycles. The Kier molecular flexibility index (Phi) is 5.35. The molecule has 112 valence electrons. The lowest BCUT2D eigenvalue weighted by atomic mass is 10.2. The fraction of sp³-hybridized carbons (Fsp3) is 0.529. The van der Waals surface area contributed by atoms with Crippen molar-refractivity contribution in [2.75, 3.05) is 18.4 Å². The third kappa shape index (κ3) is 4.87. The van der Waals surface area contributed by atoms with E-state index >= 15 is 0 Å². The van der Waals surface area contributed by atoms with Crippen LogP contribution >= 0.6 is 0 Å². The predicted molar refractivity (Wildman–Crippen MR) is 83.8 cm³/mol. The quantitative estimate of drug-likeness (QED) is 0.838. The van der Waals surface area contributed by atoms with E-state index in [1.165, 1.54) is 12.8 Å². The number of nitriles is 1. The van der Waals surface area contributed by atoms with E-state index in [-0.39, 0.29) is 5.91 Å². The minimum atomic E-state index is -0.0212. The van der Waals surface area contributed by atoms with Gasteiger partial charge in [0.1, 0.15) is 6.07 Å². The smallest absolute Gasteiger partial charge is 0.225 e. The molecule has 4 nitrogen and oxygen atoms in total. The zero-order valence-corrected chi connectivity index (χ0v) is 12.8. The molecule has 0 spiro atoms. The molecule has 1 aliphatic carbocycles. The summed E-state index contributed by atoms with van der Waals surface area (Å²) >= 11 is 0. The molecular formula is C17H23N3O. The maximum Gasteiger partial charge on any atom is 0.225 e. The van der Waals surface area contributed by atoms with Gasteiger partial charge in [-0.25, -0.2) is 0 Å². The minimum Gasteiger partial charge on any atom is -0.325 e. The van der Waals surface area contributed by atoms with Crippen LogP contribution in [0.1, 0.15) is 38.7 Å². The second-order valence-corrected chi connectivity index (χ2v) is 6.08. The molecule has 0 bridgehead atoms. The molecule has 1 aliphatic rings. The molecule has 1 N–H and O–H groups in total. The van der Waals surface area contributed by atoms with E-state index in [0.29, 0.717) is 29.6 Å². The Balaban J connectivity index is 1.85. The summed E-state index contributed by atoms with van der Waals surface area (Å²) in [6, 6.07) is 9.87. The van der Waals surface area contributed by atoms with E-state index in [1.54, 1.807) is 18.2 Å². The number of hydrogen-bond donors (Lipinski definition) is 1. The molecule has 2 rings (SSSR count). The van der Waals surface area contributed by atoms with Crippen molar-refractivity contribution < 1.29 is 4.79 Å². The third-order valence-corrected chi connectivity index (χ3v) is 3.61. The van der Waals surface area contributed by atoms with Crippen molar-refractivity contribution in [1.29, 1.82) is 5.26 Å². The van der Waals surface area contributed by atoms with Gasteiger partial charge in [-0.2, -0.15) is 5.26 Å². The summed E-state index contributed by atoms with van der Waals surface area (Å²) in [4.78, 5) is 14.5. The van der Waals surface area contributed by atoms with E-state index in [9.17, 15) is 4.79 Å². The van der Waals surface area contributed by atoms with Crippen molar-refractivity contribution >= 4 is 11.6 Å². The number of nitrogens with zero attached hydrogens (tertiary/aromatic N) is 2. The maximum atomic E-state index is 12.1. The lowest BCUT2D eigenvalue weighted by Crippen LogP contribution is -2.33. The zero-order chi connectivity index (χ0) is 15.2. The molecule has 21 heavy (non-hydrogen) atoms. The van der Waals surface area contributed by atoms with Crippen LogP contribution in [0.4, 0.5) is 5.69 Å². The van der Waals surface area contributed by atoms with E-state index in [0.717, 1.165) is 13.1 Å². The van der Waals surface area contributed by atoms with Gasteiger partial charge in [-0.3, -0.25) is 9.69 Å². The van der Waals surface area contributed by atoms with Crippen molar-refractivity contribution in [1.82, 2.24) is 4.90 Å². The van der Waals surface area contributed by atoms with Gasteiger partial charge in [-0.1, -0.05) is 26.0 Å². The molecule has 4 heteroatoms. The number of carbonyl (C=O) groups excluding carboxylic acids is 1. The standard InChI is InChI=1S/C17H23N3O/c1-13(2)12-20(15-7-8-15)10-9-17(21)19-16-6-4-3-5-14(16)11-18/h3-6,13,15H,7-10,12H2,1-2H3,(H,19,21). The van der Waals surface area contributed by atoms with E-state index in [2.05, 4.69) is 30.1 Å². The molecule has 0 atom stereocenters. The topological polar surface area (TPSA) is 56.1 Å². The second kappa shape index (κ2) is 7.24. The Morgan fingerprint density at radius 1 is 1.43 bits per heavy atom. The van der Waals surface area contributed by atoms with Crippen LogP contribution < -0.4 is 5.32 Å². The fourth-order valence-corrected chi connectivity index (χ4v) is 2.48. The lowest BCUT2D eigenvalue weighted by molar-refractivity contribution is -0.116. The van der Waals surface area contributed by atoms with Crippen LogP contribution in [-0.2, 0) is 4.79 Å². The molecule has 1 aromatic rings. The Bertz CT molecular complexity index is 529. The van der Waals surface area contributed by atoms with Crippen LogP contribution in [-0.4, -0.2) is 29.9 Å². The van der Waals surface area contributed by atoms with E-state index in [4.69, 9.17) is 5.26 Å². The number of nitrogens with one attached hydrogen (secondary N) is 1. The molecule has 1 saturated carbocycles. The average molecular weight is 285 g/mol.